The largest absolute Gasteiger partial charge is 0.457 e. The van der Waals surface area contributed by atoms with Crippen LogP contribution < -0.4 is 15.4 Å². The summed E-state index contributed by atoms with van der Waals surface area (Å²) in [5.74, 6) is 0.919. The molecule has 1 aliphatic rings. The molecule has 1 saturated carbocycles. The highest BCUT2D eigenvalue weighted by atomic mass is 32.2. The van der Waals surface area contributed by atoms with Crippen LogP contribution in [0.2, 0.25) is 0 Å². The molecule has 0 unspecified atom stereocenters. The number of carbonyl (C=O) groups excluding carboxylic acids is 1. The lowest BCUT2D eigenvalue weighted by Gasteiger charge is -2.14. The van der Waals surface area contributed by atoms with Gasteiger partial charge in [-0.15, -0.1) is 0 Å². The van der Waals surface area contributed by atoms with Gasteiger partial charge in [-0.05, 0) is 67.3 Å². The van der Waals surface area contributed by atoms with E-state index < -0.39 is 21.5 Å². The zero-order chi connectivity index (χ0) is 27.6. The van der Waals surface area contributed by atoms with Crippen molar-refractivity contribution in [2.75, 3.05) is 23.9 Å². The Morgan fingerprint density at radius 3 is 2.72 bits per heavy atom. The Hall–Kier alpha value is -4.43. The number of benzene rings is 2. The van der Waals surface area contributed by atoms with Crippen LogP contribution in [-0.4, -0.2) is 47.4 Å². The fourth-order valence-electron chi connectivity index (χ4n) is 4.47. The van der Waals surface area contributed by atoms with E-state index in [0.717, 1.165) is 46.9 Å². The molecule has 11 heteroatoms. The molecule has 0 atom stereocenters. The predicted octanol–water partition coefficient (Wildman–Crippen LogP) is 3.99. The molecule has 0 aliphatic heterocycles. The van der Waals surface area contributed by atoms with Crippen molar-refractivity contribution >= 4 is 38.3 Å². The van der Waals surface area contributed by atoms with Crippen molar-refractivity contribution in [3.63, 3.8) is 0 Å². The van der Waals surface area contributed by atoms with Gasteiger partial charge < -0.3 is 19.9 Å². The van der Waals surface area contributed by atoms with Crippen LogP contribution in [0, 0.1) is 18.3 Å². The standard InChI is InChI=1S/C28H28N6O4S/c1-19-14-21(6-7-24(19)38-22-5-3-4-20(15-22)28(17-29)9-10-28)33-27-26-23(31-18-32-27)8-12-34(26)13-11-30-25(35)16-39(2,36)37/h3-8,12,14-15,18H,9-11,13,16H2,1-2H3,(H,30,35)(H,31,32,33). The lowest BCUT2D eigenvalue weighted by Crippen LogP contribution is -2.32. The first-order chi connectivity index (χ1) is 18.7. The Labute approximate surface area is 226 Å². The second-order valence-corrected chi connectivity index (χ2v) is 12.0. The number of amides is 1. The molecule has 10 nitrogen and oxygen atoms in total. The quantitative estimate of drug-likeness (QED) is 0.306. The third-order valence-corrected chi connectivity index (χ3v) is 7.42. The zero-order valence-corrected chi connectivity index (χ0v) is 22.5. The van der Waals surface area contributed by atoms with Crippen molar-refractivity contribution < 1.29 is 17.9 Å². The van der Waals surface area contributed by atoms with Crippen LogP contribution in [0.1, 0.15) is 24.0 Å². The molecule has 0 radical (unpaired) electrons. The number of aryl methyl sites for hydroxylation is 1. The minimum atomic E-state index is -3.38. The fourth-order valence-corrected chi connectivity index (χ4v) is 5.05. The van der Waals surface area contributed by atoms with E-state index in [9.17, 15) is 18.5 Å². The Kier molecular flexibility index (Phi) is 6.97. The van der Waals surface area contributed by atoms with E-state index in [1.807, 2.05) is 66.2 Å². The molecule has 2 aromatic carbocycles. The van der Waals surface area contributed by atoms with Crippen molar-refractivity contribution in [1.82, 2.24) is 19.9 Å². The van der Waals surface area contributed by atoms with Gasteiger partial charge >= 0.3 is 0 Å². The van der Waals surface area contributed by atoms with Gasteiger partial charge in [0, 0.05) is 31.2 Å². The number of hydrogen-bond acceptors (Lipinski definition) is 8. The Morgan fingerprint density at radius 1 is 1.18 bits per heavy atom. The Balaban J connectivity index is 1.29. The van der Waals surface area contributed by atoms with E-state index in [4.69, 9.17) is 4.74 Å². The monoisotopic (exact) mass is 544 g/mol. The molecule has 4 aromatic rings. The highest BCUT2D eigenvalue weighted by molar-refractivity contribution is 7.91. The van der Waals surface area contributed by atoms with Crippen LogP contribution >= 0.6 is 0 Å². The smallest absolute Gasteiger partial charge is 0.235 e. The summed E-state index contributed by atoms with van der Waals surface area (Å²) in [7, 11) is -3.38. The molecule has 1 aliphatic carbocycles. The van der Waals surface area contributed by atoms with E-state index in [1.165, 1.54) is 6.33 Å². The maximum Gasteiger partial charge on any atom is 0.235 e. The molecule has 1 amide bonds. The van der Waals surface area contributed by atoms with E-state index in [2.05, 4.69) is 26.7 Å². The van der Waals surface area contributed by atoms with Gasteiger partial charge in [-0.1, -0.05) is 12.1 Å². The molecular weight excluding hydrogens is 516 g/mol. The van der Waals surface area contributed by atoms with E-state index in [0.29, 0.717) is 23.9 Å². The summed E-state index contributed by atoms with van der Waals surface area (Å²) in [5, 5.41) is 15.5. The number of anilines is 2. The highest BCUT2D eigenvalue weighted by Crippen LogP contribution is 2.48. The maximum absolute atomic E-state index is 11.9. The SMILES string of the molecule is Cc1cc(Nc2ncnc3ccn(CCNC(=O)CS(C)(=O)=O)c23)ccc1Oc1cccc(C2(C#N)CC2)c1. The summed E-state index contributed by atoms with van der Waals surface area (Å²) in [4.78, 5) is 20.6. The normalized spacial score (nSPS) is 14.0. The highest BCUT2D eigenvalue weighted by Gasteiger charge is 2.45. The number of ether oxygens (including phenoxy) is 1. The number of nitrogens with zero attached hydrogens (tertiary/aromatic N) is 4. The maximum atomic E-state index is 11.9. The molecule has 0 bridgehead atoms. The summed E-state index contributed by atoms with van der Waals surface area (Å²) in [6.45, 7) is 2.63. The number of nitrogens with one attached hydrogen (secondary N) is 2. The van der Waals surface area contributed by atoms with Gasteiger partial charge in [0.05, 0.1) is 17.0 Å². The molecule has 2 heterocycles. The average Bonchev–Trinajstić information content (AvgIpc) is 3.59. The molecule has 0 spiro atoms. The topological polar surface area (TPSA) is 139 Å². The first-order valence-electron chi connectivity index (χ1n) is 12.5. The molecule has 39 heavy (non-hydrogen) atoms. The van der Waals surface area contributed by atoms with Gasteiger partial charge in [-0.2, -0.15) is 5.26 Å². The number of hydrogen-bond donors (Lipinski definition) is 2. The van der Waals surface area contributed by atoms with Crippen LogP contribution in [0.5, 0.6) is 11.5 Å². The minimum Gasteiger partial charge on any atom is -0.457 e. The number of aromatic nitrogens is 3. The lowest BCUT2D eigenvalue weighted by atomic mass is 9.98. The Morgan fingerprint density at radius 2 is 2.00 bits per heavy atom. The second kappa shape index (κ2) is 10.4. The van der Waals surface area contributed by atoms with Gasteiger partial charge in [-0.25, -0.2) is 18.4 Å². The van der Waals surface area contributed by atoms with Crippen molar-refractivity contribution in [3.8, 4) is 17.6 Å². The number of nitriles is 1. The molecule has 1 fully saturated rings. The van der Waals surface area contributed by atoms with Crippen molar-refractivity contribution in [3.05, 3.63) is 72.2 Å². The summed E-state index contributed by atoms with van der Waals surface area (Å²) in [6, 6.07) is 17.7. The zero-order valence-electron chi connectivity index (χ0n) is 21.6. The number of fused-ring (bicyclic) bond motifs is 1. The molecule has 2 aromatic heterocycles. The minimum absolute atomic E-state index is 0.258. The molecule has 0 saturated heterocycles. The van der Waals surface area contributed by atoms with Crippen LogP contribution in [0.15, 0.2) is 61.1 Å². The van der Waals surface area contributed by atoms with Crippen LogP contribution in [0.4, 0.5) is 11.5 Å². The average molecular weight is 545 g/mol. The number of carbonyl (C=O) groups is 1. The van der Waals surface area contributed by atoms with E-state index >= 15 is 0 Å². The molecule has 200 valence electrons. The van der Waals surface area contributed by atoms with E-state index in [-0.39, 0.29) is 12.0 Å². The first kappa shape index (κ1) is 26.2. The summed E-state index contributed by atoms with van der Waals surface area (Å²) < 4.78 is 30.7. The van der Waals surface area contributed by atoms with Crippen molar-refractivity contribution in [2.24, 2.45) is 0 Å². The van der Waals surface area contributed by atoms with Crippen LogP contribution in [0.25, 0.3) is 11.0 Å². The summed E-state index contributed by atoms with van der Waals surface area (Å²) >= 11 is 0. The van der Waals surface area contributed by atoms with Crippen molar-refractivity contribution in [1.29, 1.82) is 5.26 Å². The number of rotatable bonds is 10. The van der Waals surface area contributed by atoms with E-state index in [1.54, 1.807) is 0 Å². The van der Waals surface area contributed by atoms with Gasteiger partial charge in [-0.3, -0.25) is 4.79 Å². The van der Waals surface area contributed by atoms with Crippen molar-refractivity contribution in [2.45, 2.75) is 31.7 Å². The summed E-state index contributed by atoms with van der Waals surface area (Å²) in [6.07, 6.45) is 6.11. The molecule has 2 N–H and O–H groups in total. The third kappa shape index (κ3) is 6.02. The van der Waals surface area contributed by atoms with Gasteiger partial charge in [0.15, 0.2) is 15.7 Å². The van der Waals surface area contributed by atoms with Crippen LogP contribution in [-0.2, 0) is 26.6 Å². The van der Waals surface area contributed by atoms with Crippen LogP contribution in [0.3, 0.4) is 0 Å². The first-order valence-corrected chi connectivity index (χ1v) is 14.5. The third-order valence-electron chi connectivity index (χ3n) is 6.63. The Bertz CT molecular complexity index is 1700. The molecule has 5 rings (SSSR count). The summed E-state index contributed by atoms with van der Waals surface area (Å²) in [5.41, 5.74) is 3.84. The fraction of sp³-hybridized carbons (Fsp3) is 0.286. The van der Waals surface area contributed by atoms with Gasteiger partial charge in [0.25, 0.3) is 0 Å². The van der Waals surface area contributed by atoms with Gasteiger partial charge in [0.1, 0.15) is 29.1 Å². The predicted molar refractivity (Wildman–Crippen MR) is 148 cm³/mol. The number of sulfone groups is 1. The van der Waals surface area contributed by atoms with Gasteiger partial charge in [0.2, 0.25) is 5.91 Å². The second-order valence-electron chi connectivity index (χ2n) is 9.81. The lowest BCUT2D eigenvalue weighted by molar-refractivity contribution is -0.118. The molecular formula is C28H28N6O4S.